The third-order valence-electron chi connectivity index (χ3n) is 8.21. The van der Waals surface area contributed by atoms with Gasteiger partial charge in [0.25, 0.3) is 0 Å². The van der Waals surface area contributed by atoms with Crippen LogP contribution in [0.15, 0.2) is 76.7 Å². The van der Waals surface area contributed by atoms with Crippen LogP contribution in [0, 0.1) is 5.41 Å². The number of para-hydroxylation sites is 1. The maximum Gasteiger partial charge on any atom is 0.128 e. The molecule has 2 atom stereocenters. The van der Waals surface area contributed by atoms with Gasteiger partial charge in [-0.15, -0.1) is 0 Å². The molecule has 2 fully saturated rings. The second-order valence-corrected chi connectivity index (χ2v) is 11.2. The third kappa shape index (κ3) is 4.20. The second kappa shape index (κ2) is 9.91. The molecular weight excluding hydrogens is 462 g/mol. The normalized spacial score (nSPS) is 22.7. The number of rotatable bonds is 6. The Labute approximate surface area is 219 Å². The van der Waals surface area contributed by atoms with Crippen molar-refractivity contribution in [2.24, 2.45) is 0 Å². The molecule has 2 saturated heterocycles. The SMILES string of the molecule is CCN(CC)C(=N)c1ccc2c(c1)Sc1ccccc1N2C1CC2CCC(C1)N2Cc1ccccn1. The number of fused-ring (bicyclic) bond motifs is 4. The molecule has 1 aromatic heterocycles. The lowest BCUT2D eigenvalue weighted by Crippen LogP contribution is -2.49. The minimum Gasteiger partial charge on any atom is -0.357 e. The van der Waals surface area contributed by atoms with Crippen molar-refractivity contribution in [3.63, 3.8) is 0 Å². The molecule has 0 radical (unpaired) electrons. The summed E-state index contributed by atoms with van der Waals surface area (Å²) >= 11 is 1.85. The van der Waals surface area contributed by atoms with Crippen LogP contribution in [0.2, 0.25) is 0 Å². The smallest absolute Gasteiger partial charge is 0.128 e. The summed E-state index contributed by atoms with van der Waals surface area (Å²) in [7, 11) is 0. The van der Waals surface area contributed by atoms with Crippen molar-refractivity contribution in [2.75, 3.05) is 18.0 Å². The number of hydrogen-bond donors (Lipinski definition) is 1. The minimum absolute atomic E-state index is 0.483. The molecule has 0 amide bonds. The van der Waals surface area contributed by atoms with E-state index in [0.717, 1.165) is 25.2 Å². The first-order chi connectivity index (χ1) is 17.7. The highest BCUT2D eigenvalue weighted by atomic mass is 32.2. The van der Waals surface area contributed by atoms with Gasteiger partial charge in [0.2, 0.25) is 0 Å². The highest BCUT2D eigenvalue weighted by molar-refractivity contribution is 7.99. The van der Waals surface area contributed by atoms with Crippen molar-refractivity contribution < 1.29 is 0 Å². The van der Waals surface area contributed by atoms with Gasteiger partial charge >= 0.3 is 0 Å². The number of anilines is 2. The monoisotopic (exact) mass is 497 g/mol. The molecule has 36 heavy (non-hydrogen) atoms. The molecule has 6 rings (SSSR count). The van der Waals surface area contributed by atoms with Gasteiger partial charge in [0.05, 0.1) is 17.1 Å². The third-order valence-corrected chi connectivity index (χ3v) is 9.32. The van der Waals surface area contributed by atoms with Crippen molar-refractivity contribution in [3.05, 3.63) is 78.1 Å². The first-order valence-electron chi connectivity index (χ1n) is 13.4. The Balaban J connectivity index is 1.31. The van der Waals surface area contributed by atoms with Gasteiger partial charge in [0.15, 0.2) is 0 Å². The van der Waals surface area contributed by atoms with E-state index in [2.05, 4.69) is 88.1 Å². The molecule has 4 heterocycles. The van der Waals surface area contributed by atoms with Gasteiger partial charge in [-0.05, 0) is 82.0 Å². The first-order valence-corrected chi connectivity index (χ1v) is 14.2. The number of hydrogen-bond acceptors (Lipinski definition) is 5. The number of benzene rings is 2. The number of amidine groups is 1. The summed E-state index contributed by atoms with van der Waals surface area (Å²) in [5.41, 5.74) is 4.83. The van der Waals surface area contributed by atoms with E-state index in [1.807, 2.05) is 24.0 Å². The Morgan fingerprint density at radius 3 is 2.36 bits per heavy atom. The van der Waals surface area contributed by atoms with Crippen LogP contribution in [-0.4, -0.2) is 51.8 Å². The average Bonchev–Trinajstić information content (AvgIpc) is 3.14. The molecule has 0 aliphatic carbocycles. The Morgan fingerprint density at radius 1 is 0.917 bits per heavy atom. The van der Waals surface area contributed by atoms with Crippen molar-refractivity contribution in [1.82, 2.24) is 14.8 Å². The molecule has 2 aromatic carbocycles. The van der Waals surface area contributed by atoms with Gasteiger partial charge in [-0.1, -0.05) is 30.0 Å². The van der Waals surface area contributed by atoms with Gasteiger partial charge in [-0.25, -0.2) is 0 Å². The van der Waals surface area contributed by atoms with Crippen LogP contribution < -0.4 is 4.90 Å². The van der Waals surface area contributed by atoms with Crippen LogP contribution in [0.1, 0.15) is 50.8 Å². The number of pyridine rings is 1. The molecule has 3 aliphatic heterocycles. The van der Waals surface area contributed by atoms with Gasteiger partial charge in [-0.3, -0.25) is 15.3 Å². The van der Waals surface area contributed by atoms with Gasteiger partial charge in [-0.2, -0.15) is 0 Å². The molecule has 0 spiro atoms. The van der Waals surface area contributed by atoms with Gasteiger partial charge in [0.1, 0.15) is 5.84 Å². The molecule has 1 N–H and O–H groups in total. The van der Waals surface area contributed by atoms with Crippen LogP contribution in [0.5, 0.6) is 0 Å². The van der Waals surface area contributed by atoms with Crippen LogP contribution in [-0.2, 0) is 6.54 Å². The second-order valence-electron chi connectivity index (χ2n) is 10.1. The Bertz CT molecular complexity index is 1230. The largest absolute Gasteiger partial charge is 0.357 e. The maximum absolute atomic E-state index is 8.76. The summed E-state index contributed by atoms with van der Waals surface area (Å²) in [6.07, 6.45) is 6.84. The number of piperidine rings is 1. The molecule has 2 unspecified atom stereocenters. The Morgan fingerprint density at radius 2 is 1.64 bits per heavy atom. The molecule has 3 aromatic rings. The number of nitrogens with zero attached hydrogens (tertiary/aromatic N) is 4. The summed E-state index contributed by atoms with van der Waals surface area (Å²) in [5.74, 6) is 0.620. The molecule has 5 nitrogen and oxygen atoms in total. The van der Waals surface area contributed by atoms with E-state index in [4.69, 9.17) is 5.41 Å². The zero-order valence-corrected chi connectivity index (χ0v) is 22.0. The standard InChI is InChI=1S/C30H35N5S/c1-3-33(4-2)30(31)21-12-15-27-29(17-21)36-28-11-6-5-10-26(28)35(27)25-18-23-13-14-24(19-25)34(23)20-22-9-7-8-16-32-22/h5-12,15-17,23-25,31H,3-4,13-14,18-20H2,1-2H3. The fourth-order valence-corrected chi connectivity index (χ4v) is 7.55. The first kappa shape index (κ1) is 23.6. The molecule has 6 heteroatoms. The summed E-state index contributed by atoms with van der Waals surface area (Å²) in [4.78, 5) is 14.7. The Kier molecular flexibility index (Phi) is 6.48. The van der Waals surface area contributed by atoms with E-state index < -0.39 is 0 Å². The van der Waals surface area contributed by atoms with E-state index in [1.165, 1.54) is 52.5 Å². The predicted molar refractivity (Wildman–Crippen MR) is 149 cm³/mol. The average molecular weight is 498 g/mol. The molecule has 3 aliphatic rings. The van der Waals surface area contributed by atoms with Crippen LogP contribution in [0.25, 0.3) is 0 Å². The summed E-state index contributed by atoms with van der Waals surface area (Å²) < 4.78 is 0. The lowest BCUT2D eigenvalue weighted by Gasteiger charge is -2.46. The molecule has 186 valence electrons. The zero-order chi connectivity index (χ0) is 24.6. The fourth-order valence-electron chi connectivity index (χ4n) is 6.44. The highest BCUT2D eigenvalue weighted by Gasteiger charge is 2.44. The minimum atomic E-state index is 0.483. The predicted octanol–water partition coefficient (Wildman–Crippen LogP) is 6.55. The van der Waals surface area contributed by atoms with E-state index in [-0.39, 0.29) is 0 Å². The summed E-state index contributed by atoms with van der Waals surface area (Å²) in [6, 6.07) is 23.5. The van der Waals surface area contributed by atoms with Crippen LogP contribution in [0.4, 0.5) is 11.4 Å². The number of aromatic nitrogens is 1. The van der Waals surface area contributed by atoms with Crippen LogP contribution in [0.3, 0.4) is 0 Å². The topological polar surface area (TPSA) is 46.5 Å². The Hall–Kier alpha value is -2.83. The van der Waals surface area contributed by atoms with Crippen molar-refractivity contribution in [3.8, 4) is 0 Å². The van der Waals surface area contributed by atoms with E-state index in [1.54, 1.807) is 0 Å². The van der Waals surface area contributed by atoms with E-state index in [9.17, 15) is 0 Å². The lowest BCUT2D eigenvalue weighted by molar-refractivity contribution is 0.118. The highest BCUT2D eigenvalue weighted by Crippen LogP contribution is 2.52. The lowest BCUT2D eigenvalue weighted by atomic mass is 9.94. The summed E-state index contributed by atoms with van der Waals surface area (Å²) in [6.45, 7) is 6.92. The maximum atomic E-state index is 8.76. The molecular formula is C30H35N5S. The van der Waals surface area contributed by atoms with Crippen molar-refractivity contribution in [1.29, 1.82) is 5.41 Å². The van der Waals surface area contributed by atoms with E-state index >= 15 is 0 Å². The molecule has 0 saturated carbocycles. The van der Waals surface area contributed by atoms with E-state index in [0.29, 0.717) is 24.0 Å². The quantitative estimate of drug-likeness (QED) is 0.309. The van der Waals surface area contributed by atoms with Crippen LogP contribution >= 0.6 is 11.8 Å². The van der Waals surface area contributed by atoms with Gasteiger partial charge < -0.3 is 9.80 Å². The number of nitrogens with one attached hydrogen (secondary N) is 1. The molecule has 2 bridgehead atoms. The van der Waals surface area contributed by atoms with Crippen molar-refractivity contribution in [2.45, 2.75) is 74.0 Å². The zero-order valence-electron chi connectivity index (χ0n) is 21.2. The van der Waals surface area contributed by atoms with Crippen molar-refractivity contribution >= 4 is 29.0 Å². The van der Waals surface area contributed by atoms with Gasteiger partial charge in [0, 0.05) is 59.3 Å². The summed E-state index contributed by atoms with van der Waals surface area (Å²) in [5, 5.41) is 8.76. The fraction of sp³-hybridized carbons (Fsp3) is 0.400.